The van der Waals surface area contributed by atoms with E-state index < -0.39 is 10.9 Å². The Hall–Kier alpha value is -2.15. The van der Waals surface area contributed by atoms with Crippen LogP contribution < -0.4 is 4.90 Å². The van der Waals surface area contributed by atoms with Crippen molar-refractivity contribution in [3.63, 3.8) is 0 Å². The highest BCUT2D eigenvalue weighted by atomic mass is 16.6. The smallest absolute Gasteiger partial charge is 0.338 e. The Kier molecular flexibility index (Phi) is 3.66. The van der Waals surface area contributed by atoms with E-state index in [0.717, 1.165) is 0 Å². The number of carboxylic acids is 1. The molecule has 1 N–H and O–H groups in total. The van der Waals surface area contributed by atoms with Crippen LogP contribution in [0.15, 0.2) is 18.2 Å². The largest absolute Gasteiger partial charge is 0.478 e. The van der Waals surface area contributed by atoms with Crippen LogP contribution in [0.5, 0.6) is 0 Å². The van der Waals surface area contributed by atoms with Gasteiger partial charge in [-0.25, -0.2) is 4.79 Å². The zero-order valence-electron chi connectivity index (χ0n) is 10.4. The predicted molar refractivity (Wildman–Crippen MR) is 67.7 cm³/mol. The number of anilines is 1. The number of nitro groups is 1. The number of carbonyl (C=O) groups is 1. The van der Waals surface area contributed by atoms with Crippen LogP contribution in [0, 0.1) is 10.1 Å². The highest BCUT2D eigenvalue weighted by molar-refractivity contribution is 5.97. The summed E-state index contributed by atoms with van der Waals surface area (Å²) in [6.07, 6.45) is 0. The molecule has 0 amide bonds. The third-order valence-electron chi connectivity index (χ3n) is 3.10. The predicted octanol–water partition coefficient (Wildman–Crippen LogP) is 1.52. The lowest BCUT2D eigenvalue weighted by molar-refractivity contribution is -0.384. The van der Waals surface area contributed by atoms with Gasteiger partial charge in [0.15, 0.2) is 0 Å². The second-order valence-electron chi connectivity index (χ2n) is 4.35. The van der Waals surface area contributed by atoms with Gasteiger partial charge in [-0.1, -0.05) is 6.07 Å². The molecule has 0 bridgehead atoms. The molecule has 102 valence electrons. The van der Waals surface area contributed by atoms with Gasteiger partial charge in [0.25, 0.3) is 5.69 Å². The summed E-state index contributed by atoms with van der Waals surface area (Å²) in [5.74, 6) is -1.17. The lowest BCUT2D eigenvalue weighted by Crippen LogP contribution is -2.44. The lowest BCUT2D eigenvalue weighted by Gasteiger charge is -2.35. The standard InChI is InChI=1S/C12H14N2O5/c1-8-7-19-6-5-13(8)11-9(12(15)16)3-2-4-10(11)14(17)18/h2-4,8H,5-7H2,1H3,(H,15,16). The Morgan fingerprint density at radius 1 is 1.58 bits per heavy atom. The number of morpholine rings is 1. The first-order chi connectivity index (χ1) is 9.02. The second kappa shape index (κ2) is 5.23. The van der Waals surface area contributed by atoms with Crippen molar-refractivity contribution in [3.05, 3.63) is 33.9 Å². The number of hydrogen-bond acceptors (Lipinski definition) is 5. The second-order valence-corrected chi connectivity index (χ2v) is 4.35. The molecule has 0 aliphatic carbocycles. The number of nitrogens with zero attached hydrogens (tertiary/aromatic N) is 2. The zero-order valence-corrected chi connectivity index (χ0v) is 10.4. The summed E-state index contributed by atoms with van der Waals surface area (Å²) in [5.41, 5.74) is -0.0765. The van der Waals surface area contributed by atoms with Crippen LogP contribution in [-0.2, 0) is 4.74 Å². The molecule has 1 heterocycles. The van der Waals surface area contributed by atoms with Crippen LogP contribution in [-0.4, -0.2) is 41.8 Å². The van der Waals surface area contributed by atoms with E-state index in [-0.39, 0.29) is 23.0 Å². The third kappa shape index (κ3) is 2.50. The van der Waals surface area contributed by atoms with Gasteiger partial charge in [-0.2, -0.15) is 0 Å². The van der Waals surface area contributed by atoms with Gasteiger partial charge in [-0.3, -0.25) is 10.1 Å². The first-order valence-corrected chi connectivity index (χ1v) is 5.87. The van der Waals surface area contributed by atoms with Gasteiger partial charge in [0.1, 0.15) is 5.69 Å². The van der Waals surface area contributed by atoms with Crippen molar-refractivity contribution in [2.75, 3.05) is 24.7 Å². The highest BCUT2D eigenvalue weighted by Gasteiger charge is 2.30. The molecule has 0 saturated carbocycles. The monoisotopic (exact) mass is 266 g/mol. The first kappa shape index (κ1) is 13.3. The summed E-state index contributed by atoms with van der Waals surface area (Å²) in [4.78, 5) is 23.5. The Bertz CT molecular complexity index is 485. The Morgan fingerprint density at radius 2 is 2.32 bits per heavy atom. The maximum Gasteiger partial charge on any atom is 0.338 e. The van der Waals surface area contributed by atoms with Crippen molar-refractivity contribution >= 4 is 17.3 Å². The lowest BCUT2D eigenvalue weighted by atomic mass is 10.1. The number of rotatable bonds is 3. The van der Waals surface area contributed by atoms with E-state index in [1.54, 1.807) is 4.90 Å². The topological polar surface area (TPSA) is 92.9 Å². The minimum atomic E-state index is -1.17. The van der Waals surface area contributed by atoms with E-state index in [2.05, 4.69) is 0 Å². The molecule has 1 aromatic rings. The summed E-state index contributed by atoms with van der Waals surface area (Å²) < 4.78 is 5.28. The van der Waals surface area contributed by atoms with Gasteiger partial charge < -0.3 is 14.7 Å². The molecule has 1 saturated heterocycles. The van der Waals surface area contributed by atoms with Crippen molar-refractivity contribution in [2.45, 2.75) is 13.0 Å². The molecule has 1 unspecified atom stereocenters. The normalized spacial score (nSPS) is 19.2. The molecular weight excluding hydrogens is 252 g/mol. The average molecular weight is 266 g/mol. The number of ether oxygens (including phenoxy) is 1. The number of hydrogen-bond donors (Lipinski definition) is 1. The molecule has 1 aliphatic heterocycles. The summed E-state index contributed by atoms with van der Waals surface area (Å²) in [6.45, 7) is 3.13. The molecule has 2 rings (SSSR count). The SMILES string of the molecule is CC1COCCN1c1c(C(=O)O)cccc1[N+](=O)[O-]. The van der Waals surface area contributed by atoms with E-state index in [1.165, 1.54) is 18.2 Å². The number of nitro benzene ring substituents is 1. The number of carboxylic acid groups (broad SMARTS) is 1. The number of para-hydroxylation sites is 1. The molecule has 1 atom stereocenters. The molecule has 0 radical (unpaired) electrons. The summed E-state index contributed by atoms with van der Waals surface area (Å²) >= 11 is 0. The van der Waals surface area contributed by atoms with Gasteiger partial charge in [0, 0.05) is 18.7 Å². The van der Waals surface area contributed by atoms with Gasteiger partial charge in [-0.15, -0.1) is 0 Å². The minimum Gasteiger partial charge on any atom is -0.478 e. The van der Waals surface area contributed by atoms with E-state index in [9.17, 15) is 20.0 Å². The molecule has 0 spiro atoms. The number of benzene rings is 1. The fourth-order valence-electron chi connectivity index (χ4n) is 2.21. The van der Waals surface area contributed by atoms with Crippen LogP contribution >= 0.6 is 0 Å². The van der Waals surface area contributed by atoms with Crippen molar-refractivity contribution in [1.82, 2.24) is 0 Å². The zero-order chi connectivity index (χ0) is 14.0. The minimum absolute atomic E-state index is 0.0528. The van der Waals surface area contributed by atoms with Gasteiger partial charge >= 0.3 is 5.97 Å². The van der Waals surface area contributed by atoms with Crippen LogP contribution in [0.1, 0.15) is 17.3 Å². The average Bonchev–Trinajstić information content (AvgIpc) is 2.38. The van der Waals surface area contributed by atoms with Crippen molar-refractivity contribution < 1.29 is 19.6 Å². The molecule has 1 fully saturated rings. The van der Waals surface area contributed by atoms with E-state index in [1.807, 2.05) is 6.92 Å². The summed E-state index contributed by atoms with van der Waals surface area (Å²) in [7, 11) is 0. The molecular formula is C12H14N2O5. The molecule has 7 heteroatoms. The molecule has 0 aromatic heterocycles. The highest BCUT2D eigenvalue weighted by Crippen LogP contribution is 2.34. The van der Waals surface area contributed by atoms with Gasteiger partial charge in [0.2, 0.25) is 0 Å². The van der Waals surface area contributed by atoms with Gasteiger partial charge in [-0.05, 0) is 13.0 Å². The Labute approximate surface area is 109 Å². The molecule has 1 aromatic carbocycles. The van der Waals surface area contributed by atoms with Crippen LogP contribution in [0.25, 0.3) is 0 Å². The molecule has 19 heavy (non-hydrogen) atoms. The fourth-order valence-corrected chi connectivity index (χ4v) is 2.21. The third-order valence-corrected chi connectivity index (χ3v) is 3.10. The van der Waals surface area contributed by atoms with Crippen LogP contribution in [0.2, 0.25) is 0 Å². The van der Waals surface area contributed by atoms with E-state index in [4.69, 9.17) is 4.74 Å². The Morgan fingerprint density at radius 3 is 2.89 bits per heavy atom. The first-order valence-electron chi connectivity index (χ1n) is 5.87. The molecule has 7 nitrogen and oxygen atoms in total. The van der Waals surface area contributed by atoms with Crippen molar-refractivity contribution in [3.8, 4) is 0 Å². The maximum absolute atomic E-state index is 11.3. The summed E-state index contributed by atoms with van der Waals surface area (Å²) in [6, 6.07) is 3.99. The summed E-state index contributed by atoms with van der Waals surface area (Å²) in [5, 5.41) is 20.3. The van der Waals surface area contributed by atoms with Crippen molar-refractivity contribution in [2.24, 2.45) is 0 Å². The quantitative estimate of drug-likeness (QED) is 0.658. The van der Waals surface area contributed by atoms with E-state index in [0.29, 0.717) is 19.8 Å². The number of aromatic carboxylic acids is 1. The fraction of sp³-hybridized carbons (Fsp3) is 0.417. The molecule has 1 aliphatic rings. The maximum atomic E-state index is 11.3. The van der Waals surface area contributed by atoms with E-state index >= 15 is 0 Å². The van der Waals surface area contributed by atoms with Gasteiger partial charge in [0.05, 0.1) is 23.7 Å². The van der Waals surface area contributed by atoms with Crippen LogP contribution in [0.4, 0.5) is 11.4 Å². The van der Waals surface area contributed by atoms with Crippen molar-refractivity contribution in [1.29, 1.82) is 0 Å². The Balaban J connectivity index is 2.57. The van der Waals surface area contributed by atoms with Crippen LogP contribution in [0.3, 0.4) is 0 Å².